The molecule has 1 atom stereocenters. The van der Waals surface area contributed by atoms with Crippen LogP contribution in [0, 0.1) is 0 Å². The Kier molecular flexibility index (Phi) is 5.19. The van der Waals surface area contributed by atoms with Crippen LogP contribution in [0.25, 0.3) is 0 Å². The molecule has 0 saturated carbocycles. The minimum atomic E-state index is -0.0452. The van der Waals surface area contributed by atoms with E-state index in [0.29, 0.717) is 0 Å². The molecule has 0 bridgehead atoms. The predicted molar refractivity (Wildman–Crippen MR) is 106 cm³/mol. The van der Waals surface area contributed by atoms with Gasteiger partial charge in [0.1, 0.15) is 0 Å². The van der Waals surface area contributed by atoms with E-state index >= 15 is 0 Å². The van der Waals surface area contributed by atoms with Crippen LogP contribution >= 0.6 is 33.8 Å². The maximum absolute atomic E-state index is 5.68. The quantitative estimate of drug-likeness (QED) is 0.321. The molecule has 1 aliphatic rings. The number of amidine groups is 1. The molecule has 5 nitrogen and oxygen atoms in total. The van der Waals surface area contributed by atoms with Gasteiger partial charge in [-0.15, -0.1) is 0 Å². The molecule has 0 aliphatic carbocycles. The van der Waals surface area contributed by atoms with Gasteiger partial charge in [-0.3, -0.25) is 0 Å². The van der Waals surface area contributed by atoms with Gasteiger partial charge < -0.3 is 16.4 Å². The molecular formula is C15H13N5S3. The molecule has 2 aromatic carbocycles. The van der Waals surface area contributed by atoms with Crippen molar-refractivity contribution in [1.29, 1.82) is 0 Å². The van der Waals surface area contributed by atoms with Crippen molar-refractivity contribution in [3.05, 3.63) is 48.5 Å². The van der Waals surface area contributed by atoms with Crippen LogP contribution in [-0.2, 0) is 0 Å². The predicted octanol–water partition coefficient (Wildman–Crippen LogP) is 4.56. The molecule has 0 fully saturated rings. The van der Waals surface area contributed by atoms with Crippen LogP contribution in [0.1, 0.15) is 0 Å². The molecular weight excluding hydrogens is 346 g/mol. The number of hydrogen-bond donors (Lipinski definition) is 3. The number of nitrogens with zero attached hydrogens (tertiary/aromatic N) is 2. The van der Waals surface area contributed by atoms with Gasteiger partial charge in [-0.05, 0) is 82.3 Å². The minimum absolute atomic E-state index is 0.0452. The molecule has 4 N–H and O–H groups in total. The normalized spacial score (nSPS) is 16.3. The van der Waals surface area contributed by atoms with E-state index in [2.05, 4.69) is 38.0 Å². The molecule has 116 valence electrons. The summed E-state index contributed by atoms with van der Waals surface area (Å²) in [5.74, 6) is 0. The summed E-state index contributed by atoms with van der Waals surface area (Å²) in [6, 6.07) is 15.2. The van der Waals surface area contributed by atoms with E-state index in [9.17, 15) is 0 Å². The average molecular weight is 360 g/mol. The molecule has 1 heterocycles. The zero-order chi connectivity index (χ0) is 16.1. The van der Waals surface area contributed by atoms with E-state index < -0.39 is 0 Å². The van der Waals surface area contributed by atoms with E-state index in [1.165, 1.54) is 0 Å². The number of nitrogens with two attached hydrogens (primary N) is 1. The average Bonchev–Trinajstić information content (AvgIpc) is 2.99. The van der Waals surface area contributed by atoms with Gasteiger partial charge in [-0.25, -0.2) is 4.99 Å². The van der Waals surface area contributed by atoms with E-state index in [-0.39, 0.29) is 5.50 Å². The highest BCUT2D eigenvalue weighted by Crippen LogP contribution is 2.37. The van der Waals surface area contributed by atoms with Gasteiger partial charge in [0.05, 0.1) is 10.8 Å². The van der Waals surface area contributed by atoms with Crippen molar-refractivity contribution in [3.8, 4) is 0 Å². The largest absolute Gasteiger partial charge is 0.399 e. The highest BCUT2D eigenvalue weighted by molar-refractivity contribution is 8.83. The number of rotatable bonds is 4. The van der Waals surface area contributed by atoms with Gasteiger partial charge in [-0.2, -0.15) is 4.99 Å². The zero-order valence-electron chi connectivity index (χ0n) is 11.9. The Morgan fingerprint density at radius 3 is 2.48 bits per heavy atom. The molecule has 2 aromatic rings. The highest BCUT2D eigenvalue weighted by Gasteiger charge is 2.19. The van der Waals surface area contributed by atoms with Gasteiger partial charge in [-0.1, -0.05) is 0 Å². The lowest BCUT2D eigenvalue weighted by Crippen LogP contribution is -2.11. The maximum atomic E-state index is 5.68. The van der Waals surface area contributed by atoms with Gasteiger partial charge in [0.2, 0.25) is 0 Å². The Morgan fingerprint density at radius 2 is 1.78 bits per heavy atom. The second-order valence-electron chi connectivity index (χ2n) is 4.61. The summed E-state index contributed by atoms with van der Waals surface area (Å²) in [7, 11) is 3.24. The molecule has 0 radical (unpaired) electrons. The number of benzene rings is 2. The van der Waals surface area contributed by atoms with Crippen LogP contribution in [0.4, 0.5) is 22.7 Å². The Bertz CT molecular complexity index is 752. The summed E-state index contributed by atoms with van der Waals surface area (Å²) in [6.07, 6.45) is 0. The molecule has 0 amide bonds. The molecule has 1 aliphatic heterocycles. The second kappa shape index (κ2) is 7.52. The lowest BCUT2D eigenvalue weighted by Gasteiger charge is -2.09. The standard InChI is InChI=1S/C15H13N5S3/c16-10-1-3-12(4-2-10)18-14-20-15(23-22-14)19-13-7-5-11(6-8-13)17-9-21/h1-8,15,19H,16H2,(H,18,20). The summed E-state index contributed by atoms with van der Waals surface area (Å²) in [4.78, 5) is 8.52. The number of nitrogens with one attached hydrogen (secondary N) is 2. The first kappa shape index (κ1) is 15.9. The number of aliphatic imine (C=N–C) groups is 2. The van der Waals surface area contributed by atoms with Crippen LogP contribution in [0.15, 0.2) is 58.5 Å². The first-order chi connectivity index (χ1) is 11.2. The molecule has 1 unspecified atom stereocenters. The van der Waals surface area contributed by atoms with E-state index in [1.807, 2.05) is 48.5 Å². The molecule has 0 spiro atoms. The molecule has 8 heteroatoms. The minimum Gasteiger partial charge on any atom is -0.399 e. The van der Waals surface area contributed by atoms with Gasteiger partial charge >= 0.3 is 0 Å². The Morgan fingerprint density at radius 1 is 1.09 bits per heavy atom. The first-order valence-electron chi connectivity index (χ1n) is 6.71. The van der Waals surface area contributed by atoms with Crippen molar-refractivity contribution < 1.29 is 0 Å². The summed E-state index contributed by atoms with van der Waals surface area (Å²) in [6.45, 7) is 0. The number of anilines is 3. The van der Waals surface area contributed by atoms with Gasteiger partial charge in [0.25, 0.3) is 0 Å². The topological polar surface area (TPSA) is 74.8 Å². The SMILES string of the molecule is Nc1ccc(NC2=NC(Nc3ccc(N=C=S)cc3)SS2)cc1. The second-order valence-corrected chi connectivity index (χ2v) is 7.06. The number of isothiocyanates is 1. The van der Waals surface area contributed by atoms with E-state index in [4.69, 9.17) is 5.73 Å². The lowest BCUT2D eigenvalue weighted by atomic mass is 10.3. The summed E-state index contributed by atoms with van der Waals surface area (Å²) in [5, 5.41) is 9.82. The molecule has 3 rings (SSSR count). The fourth-order valence-electron chi connectivity index (χ4n) is 1.87. The van der Waals surface area contributed by atoms with Crippen LogP contribution in [0.3, 0.4) is 0 Å². The van der Waals surface area contributed by atoms with E-state index in [0.717, 1.165) is 27.9 Å². The van der Waals surface area contributed by atoms with Crippen molar-refractivity contribution in [2.45, 2.75) is 5.50 Å². The molecule has 23 heavy (non-hydrogen) atoms. The monoisotopic (exact) mass is 359 g/mol. The summed E-state index contributed by atoms with van der Waals surface area (Å²) in [5.41, 5.74) is 9.10. The van der Waals surface area contributed by atoms with E-state index in [1.54, 1.807) is 21.6 Å². The fourth-order valence-corrected chi connectivity index (χ4v) is 3.94. The number of thiocarbonyl (C=S) groups is 1. The third kappa shape index (κ3) is 4.49. The first-order valence-corrected chi connectivity index (χ1v) is 9.33. The molecule has 0 saturated heterocycles. The maximum Gasteiger partial charge on any atom is 0.179 e. The third-order valence-corrected chi connectivity index (χ3v) is 5.21. The van der Waals surface area contributed by atoms with Crippen LogP contribution < -0.4 is 16.4 Å². The lowest BCUT2D eigenvalue weighted by molar-refractivity contribution is 1.07. The van der Waals surface area contributed by atoms with Crippen LogP contribution in [-0.4, -0.2) is 15.8 Å². The van der Waals surface area contributed by atoms with Crippen LogP contribution in [0.2, 0.25) is 0 Å². The zero-order valence-corrected chi connectivity index (χ0v) is 14.3. The third-order valence-electron chi connectivity index (χ3n) is 2.95. The Balaban J connectivity index is 1.60. The highest BCUT2D eigenvalue weighted by atomic mass is 33.1. The Labute approximate surface area is 147 Å². The smallest absolute Gasteiger partial charge is 0.179 e. The number of hydrogen-bond acceptors (Lipinski definition) is 8. The van der Waals surface area contributed by atoms with Crippen molar-refractivity contribution in [3.63, 3.8) is 0 Å². The van der Waals surface area contributed by atoms with Gasteiger partial charge in [0, 0.05) is 17.1 Å². The fraction of sp³-hybridized carbons (Fsp3) is 0.0667. The summed E-state index contributed by atoms with van der Waals surface area (Å²) < 4.78 is 0. The summed E-state index contributed by atoms with van der Waals surface area (Å²) >= 11 is 4.59. The van der Waals surface area contributed by atoms with Crippen molar-refractivity contribution in [2.24, 2.45) is 9.98 Å². The Hall–Kier alpha value is -1.99. The van der Waals surface area contributed by atoms with Crippen molar-refractivity contribution in [2.75, 3.05) is 16.4 Å². The number of nitrogen functional groups attached to an aromatic ring is 1. The van der Waals surface area contributed by atoms with Crippen molar-refractivity contribution >= 4 is 66.9 Å². The van der Waals surface area contributed by atoms with Crippen LogP contribution in [0.5, 0.6) is 0 Å². The van der Waals surface area contributed by atoms with Gasteiger partial charge in [0.15, 0.2) is 10.7 Å². The molecule has 0 aromatic heterocycles. The van der Waals surface area contributed by atoms with Crippen molar-refractivity contribution in [1.82, 2.24) is 0 Å².